The number of rotatable bonds is 7. The molecule has 0 aliphatic heterocycles. The molecule has 10 heteroatoms. The first-order chi connectivity index (χ1) is 19.2. The van der Waals surface area contributed by atoms with Crippen molar-refractivity contribution in [3.8, 4) is 17.5 Å². The summed E-state index contributed by atoms with van der Waals surface area (Å²) in [5.74, 6) is 1.32. The van der Waals surface area contributed by atoms with E-state index in [1.54, 1.807) is 23.6 Å². The molecule has 40 heavy (non-hydrogen) atoms. The van der Waals surface area contributed by atoms with Crippen LogP contribution in [0.1, 0.15) is 55.7 Å². The third kappa shape index (κ3) is 5.58. The van der Waals surface area contributed by atoms with Crippen molar-refractivity contribution in [3.05, 3.63) is 80.2 Å². The summed E-state index contributed by atoms with van der Waals surface area (Å²) in [7, 11) is 0. The summed E-state index contributed by atoms with van der Waals surface area (Å²) in [5.41, 5.74) is 3.47. The van der Waals surface area contributed by atoms with E-state index in [1.165, 1.54) is 28.8 Å². The molecule has 0 saturated carbocycles. The highest BCUT2D eigenvalue weighted by atomic mass is 32.2. The van der Waals surface area contributed by atoms with Gasteiger partial charge in [-0.25, -0.2) is 4.99 Å². The maximum atomic E-state index is 11.6. The molecule has 1 aliphatic carbocycles. The number of benzene rings is 2. The van der Waals surface area contributed by atoms with Crippen molar-refractivity contribution in [2.75, 3.05) is 0 Å². The number of nitrogens with zero attached hydrogens (tertiary/aromatic N) is 6. The minimum Gasteiger partial charge on any atom is -0.302 e. The molecule has 8 nitrogen and oxygen atoms in total. The van der Waals surface area contributed by atoms with Crippen LogP contribution in [-0.4, -0.2) is 25.9 Å². The molecule has 2 heterocycles. The van der Waals surface area contributed by atoms with E-state index in [0.717, 1.165) is 41.1 Å². The molecule has 0 fully saturated rings. The van der Waals surface area contributed by atoms with E-state index in [4.69, 9.17) is 4.99 Å². The molecule has 0 unspecified atom stereocenters. The van der Waals surface area contributed by atoms with Gasteiger partial charge in [0.05, 0.1) is 10.5 Å². The maximum Gasteiger partial charge on any atom is 0.270 e. The van der Waals surface area contributed by atoms with E-state index in [9.17, 15) is 15.4 Å². The third-order valence-corrected chi connectivity index (χ3v) is 9.61. The molecule has 2 aromatic heterocycles. The van der Waals surface area contributed by atoms with Gasteiger partial charge in [-0.15, -0.1) is 21.5 Å². The lowest BCUT2D eigenvalue weighted by molar-refractivity contribution is -0.384. The summed E-state index contributed by atoms with van der Waals surface area (Å²) in [6, 6.07) is 17.0. The van der Waals surface area contributed by atoms with Crippen LogP contribution in [0.5, 0.6) is 0 Å². The van der Waals surface area contributed by atoms with Gasteiger partial charge < -0.3 is 4.57 Å². The lowest BCUT2D eigenvalue weighted by Crippen LogP contribution is -2.26. The van der Waals surface area contributed by atoms with Crippen LogP contribution in [0.4, 0.5) is 10.7 Å². The summed E-state index contributed by atoms with van der Waals surface area (Å²) in [6.45, 7) is 9.50. The van der Waals surface area contributed by atoms with Crippen LogP contribution >= 0.6 is 23.1 Å². The smallest absolute Gasteiger partial charge is 0.270 e. The predicted octanol–water partition coefficient (Wildman–Crippen LogP) is 7.86. The number of aromatic nitrogens is 3. The summed E-state index contributed by atoms with van der Waals surface area (Å²) in [4.78, 5) is 17.9. The fourth-order valence-electron chi connectivity index (χ4n) is 5.04. The van der Waals surface area contributed by atoms with Crippen LogP contribution in [0.15, 0.2) is 63.6 Å². The Balaban J connectivity index is 1.50. The zero-order valence-corrected chi connectivity index (χ0v) is 24.6. The van der Waals surface area contributed by atoms with E-state index in [2.05, 4.69) is 37.0 Å². The number of fused-ring (bicyclic) bond motifs is 1. The monoisotopic (exact) mass is 570 g/mol. The third-order valence-electron chi connectivity index (χ3n) is 7.37. The van der Waals surface area contributed by atoms with Crippen LogP contribution in [0.2, 0.25) is 0 Å². The Bertz CT molecular complexity index is 1630. The van der Waals surface area contributed by atoms with Crippen LogP contribution in [0, 0.1) is 32.8 Å². The zero-order valence-electron chi connectivity index (χ0n) is 22.9. The molecular weight excluding hydrogens is 541 g/mol. The van der Waals surface area contributed by atoms with E-state index >= 15 is 0 Å². The van der Waals surface area contributed by atoms with Gasteiger partial charge in [-0.1, -0.05) is 51.1 Å². The standard InChI is InChI=1S/C30H30N6O2S2/c1-5-35-27(19-9-7-6-8-10-19)33-34-29(35)40-25-14-12-22(36(37)38)15-20(25)18-32-28-24(17-31)23-13-11-21(30(2,3)4)16-26(23)39-28/h6-10,12,14-15,18,21H,5,11,13,16H2,1-4H3/t21-/m0/s1. The first kappa shape index (κ1) is 27.7. The van der Waals surface area contributed by atoms with Crippen molar-refractivity contribution in [3.63, 3.8) is 0 Å². The average Bonchev–Trinajstić information content (AvgIpc) is 3.52. The molecule has 204 valence electrons. The number of thiophene rings is 1. The number of nitro groups is 1. The lowest BCUT2D eigenvalue weighted by atomic mass is 9.72. The Kier molecular flexibility index (Phi) is 7.88. The summed E-state index contributed by atoms with van der Waals surface area (Å²) in [6.07, 6.45) is 4.52. The Morgan fingerprint density at radius 1 is 1.25 bits per heavy atom. The molecule has 2 aromatic carbocycles. The first-order valence-electron chi connectivity index (χ1n) is 13.2. The Hall–Kier alpha value is -3.81. The molecule has 4 aromatic rings. The van der Waals surface area contributed by atoms with Gasteiger partial charge in [0.1, 0.15) is 11.1 Å². The van der Waals surface area contributed by atoms with Crippen LogP contribution in [-0.2, 0) is 19.4 Å². The second-order valence-corrected chi connectivity index (χ2v) is 13.0. The minimum absolute atomic E-state index is 0.0215. The van der Waals surface area contributed by atoms with Crippen molar-refractivity contribution >= 4 is 40.0 Å². The van der Waals surface area contributed by atoms with E-state index in [0.29, 0.717) is 33.7 Å². The summed E-state index contributed by atoms with van der Waals surface area (Å²) >= 11 is 2.96. The van der Waals surface area contributed by atoms with Gasteiger partial charge in [-0.05, 0) is 60.9 Å². The number of hydrogen-bond acceptors (Lipinski definition) is 8. The molecule has 0 bridgehead atoms. The number of nitriles is 1. The molecule has 0 N–H and O–H groups in total. The van der Waals surface area contributed by atoms with Gasteiger partial charge >= 0.3 is 0 Å². The molecule has 5 rings (SSSR count). The topological polar surface area (TPSA) is 110 Å². The first-order valence-corrected chi connectivity index (χ1v) is 14.9. The summed E-state index contributed by atoms with van der Waals surface area (Å²) < 4.78 is 2.02. The van der Waals surface area contributed by atoms with Gasteiger partial charge in [-0.2, -0.15) is 5.26 Å². The zero-order chi connectivity index (χ0) is 28.4. The van der Waals surface area contributed by atoms with E-state index in [1.807, 2.05) is 41.8 Å². The number of aliphatic imine (C=N–C) groups is 1. The Labute approximate surface area is 242 Å². The largest absolute Gasteiger partial charge is 0.302 e. The van der Waals surface area contributed by atoms with Crippen molar-refractivity contribution < 1.29 is 4.92 Å². The highest BCUT2D eigenvalue weighted by Gasteiger charge is 2.32. The van der Waals surface area contributed by atoms with Gasteiger partial charge in [0.2, 0.25) is 0 Å². The highest BCUT2D eigenvalue weighted by Crippen LogP contribution is 2.45. The van der Waals surface area contributed by atoms with Gasteiger partial charge in [0.25, 0.3) is 5.69 Å². The van der Waals surface area contributed by atoms with Gasteiger partial charge in [0.15, 0.2) is 11.0 Å². The number of hydrogen-bond donors (Lipinski definition) is 0. The molecule has 1 atom stereocenters. The average molecular weight is 571 g/mol. The van der Waals surface area contributed by atoms with Crippen molar-refractivity contribution in [2.45, 2.75) is 63.6 Å². The lowest BCUT2D eigenvalue weighted by Gasteiger charge is -2.33. The fraction of sp³-hybridized carbons (Fsp3) is 0.333. The second kappa shape index (κ2) is 11.4. The normalized spacial score (nSPS) is 15.2. The van der Waals surface area contributed by atoms with Crippen LogP contribution in [0.3, 0.4) is 0 Å². The van der Waals surface area contributed by atoms with E-state index < -0.39 is 4.92 Å². The number of non-ortho nitro benzene ring substituents is 1. The Morgan fingerprint density at radius 3 is 2.70 bits per heavy atom. The molecule has 0 radical (unpaired) electrons. The van der Waals surface area contributed by atoms with Gasteiger partial charge in [-0.3, -0.25) is 10.1 Å². The molecule has 0 saturated heterocycles. The van der Waals surface area contributed by atoms with Crippen molar-refractivity contribution in [1.82, 2.24) is 14.8 Å². The SMILES string of the molecule is CCn1c(Sc2ccc([N+](=O)[O-])cc2C=Nc2sc3c(c2C#N)CC[C@H](C(C)(C)C)C3)nnc1-c1ccccc1. The van der Waals surface area contributed by atoms with Crippen LogP contribution in [0.25, 0.3) is 11.4 Å². The summed E-state index contributed by atoms with van der Waals surface area (Å²) in [5, 5.41) is 31.8. The fourth-order valence-corrected chi connectivity index (χ4v) is 7.23. The highest BCUT2D eigenvalue weighted by molar-refractivity contribution is 7.99. The van der Waals surface area contributed by atoms with Gasteiger partial charge in [0, 0.05) is 45.8 Å². The molecule has 0 amide bonds. The maximum absolute atomic E-state index is 11.6. The second-order valence-electron chi connectivity index (χ2n) is 10.9. The van der Waals surface area contributed by atoms with Crippen molar-refractivity contribution in [2.24, 2.45) is 16.3 Å². The predicted molar refractivity (Wildman–Crippen MR) is 160 cm³/mol. The van der Waals surface area contributed by atoms with E-state index in [-0.39, 0.29) is 11.1 Å². The van der Waals surface area contributed by atoms with Crippen molar-refractivity contribution in [1.29, 1.82) is 5.26 Å². The quantitative estimate of drug-likeness (QED) is 0.127. The Morgan fingerprint density at radius 2 is 2.02 bits per heavy atom. The molecular formula is C30H30N6O2S2. The number of nitro benzene ring substituents is 1. The molecule has 1 aliphatic rings. The molecule has 0 spiro atoms. The van der Waals surface area contributed by atoms with Crippen LogP contribution < -0.4 is 0 Å². The minimum atomic E-state index is -0.412.